The summed E-state index contributed by atoms with van der Waals surface area (Å²) in [5, 5.41) is 15.2. The van der Waals surface area contributed by atoms with Crippen LogP contribution < -0.4 is 4.74 Å². The predicted octanol–water partition coefficient (Wildman–Crippen LogP) is 13.2. The maximum atomic E-state index is 6.56. The van der Waals surface area contributed by atoms with Gasteiger partial charge in [0.15, 0.2) is 0 Å². The van der Waals surface area contributed by atoms with E-state index in [1.807, 2.05) is 0 Å². The third-order valence-corrected chi connectivity index (χ3v) is 10.4. The summed E-state index contributed by atoms with van der Waals surface area (Å²) in [5.41, 5.74) is 7.25. The van der Waals surface area contributed by atoms with Gasteiger partial charge in [-0.2, -0.15) is 0 Å². The Labute approximate surface area is 271 Å². The van der Waals surface area contributed by atoms with Crippen LogP contribution in [0.1, 0.15) is 0 Å². The molecule has 0 radical (unpaired) electrons. The minimum atomic E-state index is 0.904. The van der Waals surface area contributed by atoms with Crippen LogP contribution in [0.3, 0.4) is 0 Å². The number of ether oxygens (including phenoxy) is 1. The van der Waals surface area contributed by atoms with Crippen LogP contribution in [-0.2, 0) is 0 Å². The molecule has 0 aliphatic carbocycles. The van der Waals surface area contributed by atoms with Crippen molar-refractivity contribution in [3.8, 4) is 44.9 Å². The molecule has 0 atom stereocenters. The Morgan fingerprint density at radius 2 is 0.936 bits per heavy atom. The Balaban J connectivity index is 1.05. The molecule has 0 spiro atoms. The molecule has 10 aromatic carbocycles. The molecule has 0 amide bonds. The van der Waals surface area contributed by atoms with E-state index in [9.17, 15) is 0 Å². The third kappa shape index (κ3) is 3.54. The Bertz CT molecular complexity index is 2910. The van der Waals surface area contributed by atoms with E-state index >= 15 is 0 Å². The lowest BCUT2D eigenvalue weighted by atomic mass is 9.89. The van der Waals surface area contributed by atoms with E-state index in [-0.39, 0.29) is 0 Å². The summed E-state index contributed by atoms with van der Waals surface area (Å²) in [6.45, 7) is 0. The fraction of sp³-hybridized carbons (Fsp3) is 0. The summed E-state index contributed by atoms with van der Waals surface area (Å²) < 4.78 is 6.56. The minimum Gasteiger partial charge on any atom is -0.456 e. The van der Waals surface area contributed by atoms with Crippen molar-refractivity contribution >= 4 is 64.6 Å². The van der Waals surface area contributed by atoms with Crippen LogP contribution >= 0.6 is 0 Å². The number of fused-ring (bicyclic) bond motifs is 5. The predicted molar refractivity (Wildman–Crippen MR) is 199 cm³/mol. The van der Waals surface area contributed by atoms with Crippen LogP contribution in [-0.4, -0.2) is 0 Å². The van der Waals surface area contributed by atoms with E-state index in [0.717, 1.165) is 17.1 Å². The number of hydrogen-bond acceptors (Lipinski definition) is 1. The van der Waals surface area contributed by atoms with Crippen molar-refractivity contribution in [3.05, 3.63) is 158 Å². The highest BCUT2D eigenvalue weighted by Crippen LogP contribution is 2.49. The monoisotopic (exact) mass is 594 g/mol. The SMILES string of the molecule is c1ccc2c(c1)cc1c3c(cccc32)-c2cc(-c3ccc4ccc(-c5ccc6ccc7cccc8ccc5c6c78)cc4c3)ccc2O1. The van der Waals surface area contributed by atoms with Crippen LogP contribution in [0.15, 0.2) is 158 Å². The van der Waals surface area contributed by atoms with Crippen LogP contribution in [0, 0.1) is 0 Å². The lowest BCUT2D eigenvalue weighted by molar-refractivity contribution is 0.488. The summed E-state index contributed by atoms with van der Waals surface area (Å²) in [6, 6.07) is 57.9. The average molecular weight is 595 g/mol. The topological polar surface area (TPSA) is 9.23 Å². The first-order valence-electron chi connectivity index (χ1n) is 16.2. The van der Waals surface area contributed by atoms with Crippen molar-refractivity contribution in [1.29, 1.82) is 0 Å². The van der Waals surface area contributed by atoms with Crippen LogP contribution in [0.25, 0.3) is 98.0 Å². The maximum Gasteiger partial charge on any atom is 0.136 e. The van der Waals surface area contributed by atoms with Gasteiger partial charge < -0.3 is 4.74 Å². The third-order valence-electron chi connectivity index (χ3n) is 10.4. The molecule has 0 unspecified atom stereocenters. The van der Waals surface area contributed by atoms with E-state index < -0.39 is 0 Å². The van der Waals surface area contributed by atoms with Gasteiger partial charge in [0.2, 0.25) is 0 Å². The lowest BCUT2D eigenvalue weighted by Crippen LogP contribution is -1.98. The van der Waals surface area contributed by atoms with Gasteiger partial charge in [-0.3, -0.25) is 0 Å². The molecule has 1 aliphatic heterocycles. The first-order valence-corrected chi connectivity index (χ1v) is 16.2. The highest BCUT2D eigenvalue weighted by molar-refractivity contribution is 6.25. The fourth-order valence-electron chi connectivity index (χ4n) is 8.14. The summed E-state index contributed by atoms with van der Waals surface area (Å²) in [6.07, 6.45) is 0. The Morgan fingerprint density at radius 1 is 0.277 bits per heavy atom. The van der Waals surface area contributed by atoms with Gasteiger partial charge in [-0.1, -0.05) is 127 Å². The van der Waals surface area contributed by atoms with Crippen molar-refractivity contribution in [3.63, 3.8) is 0 Å². The molecule has 216 valence electrons. The van der Waals surface area contributed by atoms with Crippen LogP contribution in [0.5, 0.6) is 11.5 Å². The molecular weight excluding hydrogens is 569 g/mol. The van der Waals surface area contributed by atoms with Crippen molar-refractivity contribution < 1.29 is 4.74 Å². The molecule has 0 aromatic heterocycles. The van der Waals surface area contributed by atoms with Gasteiger partial charge in [-0.25, -0.2) is 0 Å². The smallest absolute Gasteiger partial charge is 0.136 e. The second-order valence-electron chi connectivity index (χ2n) is 12.9. The highest BCUT2D eigenvalue weighted by atomic mass is 16.5. The number of hydrogen-bond donors (Lipinski definition) is 0. The molecule has 1 aliphatic rings. The molecule has 11 rings (SSSR count). The quantitative estimate of drug-likeness (QED) is 0.181. The van der Waals surface area contributed by atoms with Crippen molar-refractivity contribution in [2.75, 3.05) is 0 Å². The van der Waals surface area contributed by atoms with Gasteiger partial charge in [0.05, 0.1) is 0 Å². The number of benzene rings is 10. The van der Waals surface area contributed by atoms with Gasteiger partial charge >= 0.3 is 0 Å². The Kier molecular flexibility index (Phi) is 4.90. The zero-order valence-corrected chi connectivity index (χ0v) is 25.4. The largest absolute Gasteiger partial charge is 0.456 e. The normalized spacial score (nSPS) is 12.4. The maximum absolute atomic E-state index is 6.56. The molecule has 0 bridgehead atoms. The summed E-state index contributed by atoms with van der Waals surface area (Å²) in [5.74, 6) is 1.83. The van der Waals surface area contributed by atoms with E-state index in [4.69, 9.17) is 4.74 Å². The summed E-state index contributed by atoms with van der Waals surface area (Å²) in [7, 11) is 0. The van der Waals surface area contributed by atoms with Crippen molar-refractivity contribution in [1.82, 2.24) is 0 Å². The first kappa shape index (κ1) is 25.1. The zero-order valence-electron chi connectivity index (χ0n) is 25.4. The molecule has 1 nitrogen and oxygen atoms in total. The minimum absolute atomic E-state index is 0.904. The molecule has 0 fully saturated rings. The van der Waals surface area contributed by atoms with Crippen molar-refractivity contribution in [2.24, 2.45) is 0 Å². The van der Waals surface area contributed by atoms with E-state index in [0.29, 0.717) is 0 Å². The second kappa shape index (κ2) is 9.19. The summed E-state index contributed by atoms with van der Waals surface area (Å²) in [4.78, 5) is 0. The zero-order chi connectivity index (χ0) is 30.6. The molecule has 0 saturated carbocycles. The molecule has 1 heteroatoms. The van der Waals surface area contributed by atoms with E-state index in [1.165, 1.54) is 92.5 Å². The Hall–Kier alpha value is -6.18. The Morgan fingerprint density at radius 3 is 1.85 bits per heavy atom. The molecule has 10 aromatic rings. The fourth-order valence-corrected chi connectivity index (χ4v) is 8.14. The average Bonchev–Trinajstić information content (AvgIpc) is 3.13. The van der Waals surface area contributed by atoms with Crippen LogP contribution in [0.4, 0.5) is 0 Å². The van der Waals surface area contributed by atoms with Gasteiger partial charge in [0.25, 0.3) is 0 Å². The van der Waals surface area contributed by atoms with Crippen molar-refractivity contribution in [2.45, 2.75) is 0 Å². The van der Waals surface area contributed by atoms with Gasteiger partial charge in [0, 0.05) is 10.9 Å². The molecule has 0 saturated heterocycles. The molecule has 47 heavy (non-hydrogen) atoms. The van der Waals surface area contributed by atoms with Gasteiger partial charge in [-0.15, -0.1) is 0 Å². The van der Waals surface area contributed by atoms with Gasteiger partial charge in [0.1, 0.15) is 11.5 Å². The van der Waals surface area contributed by atoms with E-state index in [1.54, 1.807) is 0 Å². The lowest BCUT2D eigenvalue weighted by Gasteiger charge is -2.23. The molecule has 0 N–H and O–H groups in total. The van der Waals surface area contributed by atoms with Crippen LogP contribution in [0.2, 0.25) is 0 Å². The summed E-state index contributed by atoms with van der Waals surface area (Å²) >= 11 is 0. The van der Waals surface area contributed by atoms with E-state index in [2.05, 4.69) is 158 Å². The second-order valence-corrected chi connectivity index (χ2v) is 12.9. The first-order chi connectivity index (χ1) is 23.3. The number of rotatable bonds is 2. The standard InChI is InChI=1S/C46H26O/c1-2-8-36-33(5-1)26-43-46-38(36)9-4-10-39(46)41-25-32(19-22-42(41)47-43)31-15-11-27-12-16-34(24-35(27)23-31)37-20-17-30-14-13-28-6-3-7-29-18-21-40(37)45(30)44(28)29/h1-26H. The van der Waals surface area contributed by atoms with Gasteiger partial charge in [-0.05, 0) is 117 Å². The molecular formula is C46H26O. The highest BCUT2D eigenvalue weighted by Gasteiger charge is 2.22. The molecule has 1 heterocycles.